The summed E-state index contributed by atoms with van der Waals surface area (Å²) in [5.41, 5.74) is 1.99. The second kappa shape index (κ2) is 4.88. The number of carboxylic acids is 1. The number of nitrogens with zero attached hydrogens (tertiary/aromatic N) is 2. The third kappa shape index (κ3) is 2.09. The Balaban J connectivity index is 2.44. The van der Waals surface area contributed by atoms with Gasteiger partial charge in [-0.3, -0.25) is 4.31 Å². The number of aromatic nitrogens is 1. The monoisotopic (exact) mass is 320 g/mol. The molecule has 116 valence electrons. The normalized spacial score (nSPS) is 16.0. The first kappa shape index (κ1) is 14.6. The minimum absolute atomic E-state index is 0.0773. The number of aromatic carboxylic acids is 1. The summed E-state index contributed by atoms with van der Waals surface area (Å²) in [6.07, 6.45) is 4.33. The van der Waals surface area contributed by atoms with Crippen LogP contribution in [0.3, 0.4) is 0 Å². The standard InChI is InChI=1S/C15H16N2O4S/c1-3-5-17-9-10-4-6-22(20,21)16(2)12-7-11(15(18)19)8-13(17)14(10)12/h4,6-9H,3,5H2,1-2H3,(H,18,19). The number of carbonyl (C=O) groups is 1. The van der Waals surface area contributed by atoms with Gasteiger partial charge in [-0.15, -0.1) is 0 Å². The molecule has 2 aromatic rings. The minimum Gasteiger partial charge on any atom is -0.478 e. The van der Waals surface area contributed by atoms with Crippen LogP contribution in [0.15, 0.2) is 23.7 Å². The lowest BCUT2D eigenvalue weighted by molar-refractivity contribution is 0.0697. The Kier molecular flexibility index (Phi) is 3.25. The average Bonchev–Trinajstić information content (AvgIpc) is 2.77. The van der Waals surface area contributed by atoms with Gasteiger partial charge in [0.25, 0.3) is 10.0 Å². The van der Waals surface area contributed by atoms with Gasteiger partial charge in [0, 0.05) is 30.7 Å². The second-order valence-electron chi connectivity index (χ2n) is 5.29. The molecule has 1 aromatic heterocycles. The maximum absolute atomic E-state index is 12.2. The van der Waals surface area contributed by atoms with Crippen molar-refractivity contribution < 1.29 is 18.3 Å². The van der Waals surface area contributed by atoms with Gasteiger partial charge in [-0.05, 0) is 24.6 Å². The first-order chi connectivity index (χ1) is 10.3. The molecule has 0 atom stereocenters. The summed E-state index contributed by atoms with van der Waals surface area (Å²) in [6.45, 7) is 2.77. The largest absolute Gasteiger partial charge is 0.478 e. The summed E-state index contributed by atoms with van der Waals surface area (Å²) < 4.78 is 27.5. The van der Waals surface area contributed by atoms with Crippen molar-refractivity contribution >= 4 is 38.7 Å². The highest BCUT2D eigenvalue weighted by Crippen LogP contribution is 2.37. The maximum atomic E-state index is 12.2. The van der Waals surface area contributed by atoms with Crippen LogP contribution >= 0.6 is 0 Å². The summed E-state index contributed by atoms with van der Waals surface area (Å²) >= 11 is 0. The van der Waals surface area contributed by atoms with Gasteiger partial charge >= 0.3 is 5.97 Å². The van der Waals surface area contributed by atoms with E-state index in [4.69, 9.17) is 0 Å². The number of sulfonamides is 1. The predicted molar refractivity (Wildman–Crippen MR) is 85.5 cm³/mol. The van der Waals surface area contributed by atoms with Crippen LogP contribution in [-0.4, -0.2) is 31.1 Å². The Bertz CT molecular complexity index is 909. The van der Waals surface area contributed by atoms with Crippen LogP contribution in [0.1, 0.15) is 29.3 Å². The second-order valence-corrected chi connectivity index (χ2v) is 7.14. The van der Waals surface area contributed by atoms with Gasteiger partial charge in [0.2, 0.25) is 0 Å². The summed E-state index contributed by atoms with van der Waals surface area (Å²) in [5.74, 6) is -1.08. The number of benzene rings is 1. The van der Waals surface area contributed by atoms with Crippen molar-refractivity contribution in [2.45, 2.75) is 19.9 Å². The third-order valence-corrected chi connectivity index (χ3v) is 5.28. The third-order valence-electron chi connectivity index (χ3n) is 3.84. The van der Waals surface area contributed by atoms with Gasteiger partial charge in [0.1, 0.15) is 0 Å². The first-order valence-corrected chi connectivity index (χ1v) is 8.42. The lowest BCUT2D eigenvalue weighted by atomic mass is 10.1. The summed E-state index contributed by atoms with van der Waals surface area (Å²) in [5, 5.41) is 11.2. The number of anilines is 1. The number of hydrogen-bond acceptors (Lipinski definition) is 3. The summed E-state index contributed by atoms with van der Waals surface area (Å²) in [4.78, 5) is 11.4. The zero-order valence-corrected chi connectivity index (χ0v) is 13.1. The van der Waals surface area contributed by atoms with E-state index in [9.17, 15) is 18.3 Å². The smallest absolute Gasteiger partial charge is 0.335 e. The zero-order valence-electron chi connectivity index (χ0n) is 12.3. The van der Waals surface area contributed by atoms with E-state index in [1.54, 1.807) is 12.1 Å². The Labute approximate surface area is 128 Å². The van der Waals surface area contributed by atoms with Gasteiger partial charge in [-0.2, -0.15) is 0 Å². The van der Waals surface area contributed by atoms with E-state index in [1.807, 2.05) is 17.7 Å². The molecule has 0 unspecified atom stereocenters. The van der Waals surface area contributed by atoms with E-state index in [0.717, 1.165) is 39.1 Å². The van der Waals surface area contributed by atoms with Gasteiger partial charge in [-0.25, -0.2) is 13.2 Å². The van der Waals surface area contributed by atoms with E-state index in [1.165, 1.54) is 13.1 Å². The molecule has 1 aliphatic rings. The highest BCUT2D eigenvalue weighted by molar-refractivity contribution is 7.95. The van der Waals surface area contributed by atoms with Crippen molar-refractivity contribution in [1.29, 1.82) is 0 Å². The molecule has 0 spiro atoms. The molecule has 22 heavy (non-hydrogen) atoms. The summed E-state index contributed by atoms with van der Waals surface area (Å²) in [6, 6.07) is 3.01. The molecule has 0 bridgehead atoms. The molecule has 0 fully saturated rings. The average molecular weight is 320 g/mol. The lowest BCUT2D eigenvalue weighted by Crippen LogP contribution is -2.24. The van der Waals surface area contributed by atoms with Crippen LogP contribution < -0.4 is 4.31 Å². The van der Waals surface area contributed by atoms with Crippen molar-refractivity contribution in [3.05, 3.63) is 34.9 Å². The van der Waals surface area contributed by atoms with Crippen LogP contribution in [0.25, 0.3) is 17.0 Å². The molecule has 2 heterocycles. The van der Waals surface area contributed by atoms with Gasteiger partial charge in [0.15, 0.2) is 0 Å². The molecular formula is C15H16N2O4S. The molecule has 1 aromatic carbocycles. The van der Waals surface area contributed by atoms with Crippen molar-refractivity contribution in [1.82, 2.24) is 4.57 Å². The van der Waals surface area contributed by atoms with Gasteiger partial charge in [0.05, 0.1) is 22.2 Å². The molecule has 6 nitrogen and oxygen atoms in total. The lowest BCUT2D eigenvalue weighted by Gasteiger charge is -2.18. The van der Waals surface area contributed by atoms with E-state index in [0.29, 0.717) is 5.69 Å². The van der Waals surface area contributed by atoms with E-state index in [2.05, 4.69) is 0 Å². The van der Waals surface area contributed by atoms with E-state index < -0.39 is 16.0 Å². The fraction of sp³-hybridized carbons (Fsp3) is 0.267. The van der Waals surface area contributed by atoms with Gasteiger partial charge < -0.3 is 9.67 Å². The molecule has 0 radical (unpaired) electrons. The molecule has 7 heteroatoms. The Morgan fingerprint density at radius 3 is 2.68 bits per heavy atom. The summed E-state index contributed by atoms with van der Waals surface area (Å²) in [7, 11) is -2.16. The fourth-order valence-electron chi connectivity index (χ4n) is 2.75. The molecule has 1 N–H and O–H groups in total. The van der Waals surface area contributed by atoms with Gasteiger partial charge in [-0.1, -0.05) is 6.92 Å². The van der Waals surface area contributed by atoms with Crippen molar-refractivity contribution in [2.24, 2.45) is 0 Å². The van der Waals surface area contributed by atoms with Crippen LogP contribution in [0.2, 0.25) is 0 Å². The van der Waals surface area contributed by atoms with Crippen LogP contribution in [0.4, 0.5) is 5.69 Å². The Morgan fingerprint density at radius 1 is 1.32 bits per heavy atom. The van der Waals surface area contributed by atoms with Crippen molar-refractivity contribution in [3.63, 3.8) is 0 Å². The predicted octanol–water partition coefficient (Wildman–Crippen LogP) is 2.50. The number of aryl methyl sites for hydroxylation is 1. The number of rotatable bonds is 3. The molecule has 0 saturated heterocycles. The Morgan fingerprint density at radius 2 is 2.05 bits per heavy atom. The van der Waals surface area contributed by atoms with Crippen LogP contribution in [0.5, 0.6) is 0 Å². The molecular weight excluding hydrogens is 304 g/mol. The van der Waals surface area contributed by atoms with Crippen molar-refractivity contribution in [2.75, 3.05) is 11.4 Å². The van der Waals surface area contributed by atoms with Crippen molar-refractivity contribution in [3.8, 4) is 0 Å². The molecule has 0 amide bonds. The zero-order chi connectivity index (χ0) is 16.1. The minimum atomic E-state index is -3.60. The van der Waals surface area contributed by atoms with E-state index in [-0.39, 0.29) is 5.56 Å². The maximum Gasteiger partial charge on any atom is 0.335 e. The Hall–Kier alpha value is -2.28. The molecule has 0 saturated carbocycles. The molecule has 1 aliphatic heterocycles. The topological polar surface area (TPSA) is 79.6 Å². The first-order valence-electron chi connectivity index (χ1n) is 6.92. The molecule has 0 aliphatic carbocycles. The van der Waals surface area contributed by atoms with Crippen LogP contribution in [0, 0.1) is 0 Å². The van der Waals surface area contributed by atoms with E-state index >= 15 is 0 Å². The number of hydrogen-bond donors (Lipinski definition) is 1. The highest BCUT2D eigenvalue weighted by atomic mass is 32.2. The SMILES string of the molecule is CCCn1cc2c3c(cc(C(=O)O)cc31)N(C)S(=O)(=O)C=C2. The number of carboxylic acid groups (broad SMARTS) is 1. The van der Waals surface area contributed by atoms with Crippen LogP contribution in [-0.2, 0) is 16.6 Å². The molecule has 3 rings (SSSR count). The fourth-order valence-corrected chi connectivity index (χ4v) is 3.67. The highest BCUT2D eigenvalue weighted by Gasteiger charge is 2.25. The quantitative estimate of drug-likeness (QED) is 0.942.